The number of rotatable bonds is 4. The summed E-state index contributed by atoms with van der Waals surface area (Å²) in [4.78, 5) is 14.1. The minimum Gasteiger partial charge on any atom is -0.338 e. The first kappa shape index (κ1) is 14.4. The van der Waals surface area contributed by atoms with Crippen LogP contribution in [0.2, 0.25) is 0 Å². The first-order valence-electron chi connectivity index (χ1n) is 6.20. The van der Waals surface area contributed by atoms with Gasteiger partial charge in [-0.3, -0.25) is 4.79 Å². The molecule has 2 rings (SSSR count). The van der Waals surface area contributed by atoms with Crippen LogP contribution in [0.25, 0.3) is 10.8 Å². The van der Waals surface area contributed by atoms with Crippen LogP contribution in [-0.4, -0.2) is 29.8 Å². The quantitative estimate of drug-likeness (QED) is 0.760. The van der Waals surface area contributed by atoms with Gasteiger partial charge in [0.1, 0.15) is 0 Å². The van der Waals surface area contributed by atoms with Gasteiger partial charge in [0, 0.05) is 29.0 Å². The molecule has 0 N–H and O–H groups in total. The molecule has 1 amide bonds. The zero-order chi connectivity index (χ0) is 13.8. The van der Waals surface area contributed by atoms with E-state index in [2.05, 4.69) is 15.9 Å². The van der Waals surface area contributed by atoms with Crippen molar-refractivity contribution in [3.05, 3.63) is 46.4 Å². The molecule has 19 heavy (non-hydrogen) atoms. The molecular formula is C15H15BrClNO. The maximum atomic E-state index is 12.3. The van der Waals surface area contributed by atoms with E-state index in [-0.39, 0.29) is 5.91 Å². The lowest BCUT2D eigenvalue weighted by molar-refractivity contribution is 0.0774. The first-order valence-corrected chi connectivity index (χ1v) is 7.53. The summed E-state index contributed by atoms with van der Waals surface area (Å²) in [5, 5.41) is 2.18. The molecule has 0 bridgehead atoms. The average molecular weight is 341 g/mol. The predicted molar refractivity (Wildman–Crippen MR) is 83.9 cm³/mol. The van der Waals surface area contributed by atoms with E-state index < -0.39 is 0 Å². The third-order valence-corrected chi connectivity index (χ3v) is 3.73. The molecule has 2 nitrogen and oxygen atoms in total. The molecule has 100 valence electrons. The van der Waals surface area contributed by atoms with E-state index in [0.717, 1.165) is 15.2 Å². The SMILES string of the molecule is CCN(CCCl)C(=O)c1ccc2cc(Br)ccc2c1. The monoisotopic (exact) mass is 339 g/mol. The maximum absolute atomic E-state index is 12.3. The van der Waals surface area contributed by atoms with Crippen molar-refractivity contribution >= 4 is 44.2 Å². The summed E-state index contributed by atoms with van der Waals surface area (Å²) in [7, 11) is 0. The van der Waals surface area contributed by atoms with E-state index >= 15 is 0 Å². The van der Waals surface area contributed by atoms with E-state index in [0.29, 0.717) is 24.5 Å². The third kappa shape index (κ3) is 3.28. The summed E-state index contributed by atoms with van der Waals surface area (Å²) >= 11 is 9.16. The van der Waals surface area contributed by atoms with Crippen LogP contribution < -0.4 is 0 Å². The van der Waals surface area contributed by atoms with Crippen LogP contribution in [0.1, 0.15) is 17.3 Å². The standard InChI is InChI=1S/C15H15BrClNO/c1-2-18(8-7-17)15(19)13-4-3-12-10-14(16)6-5-11(12)9-13/h3-6,9-10H,2,7-8H2,1H3. The zero-order valence-electron chi connectivity index (χ0n) is 10.7. The van der Waals surface area contributed by atoms with Gasteiger partial charge in [-0.2, -0.15) is 0 Å². The normalized spacial score (nSPS) is 10.7. The van der Waals surface area contributed by atoms with Crippen LogP contribution in [0.4, 0.5) is 0 Å². The maximum Gasteiger partial charge on any atom is 0.253 e. The van der Waals surface area contributed by atoms with Gasteiger partial charge in [0.05, 0.1) is 0 Å². The first-order chi connectivity index (χ1) is 9.15. The van der Waals surface area contributed by atoms with Crippen molar-refractivity contribution < 1.29 is 4.79 Å². The van der Waals surface area contributed by atoms with E-state index in [1.165, 1.54) is 0 Å². The molecule has 0 aliphatic rings. The number of hydrogen-bond acceptors (Lipinski definition) is 1. The van der Waals surface area contributed by atoms with Crippen LogP contribution in [0.15, 0.2) is 40.9 Å². The lowest BCUT2D eigenvalue weighted by Gasteiger charge is -2.19. The van der Waals surface area contributed by atoms with Crippen molar-refractivity contribution in [2.45, 2.75) is 6.92 Å². The Balaban J connectivity index is 2.35. The Morgan fingerprint density at radius 1 is 1.21 bits per heavy atom. The molecule has 0 spiro atoms. The van der Waals surface area contributed by atoms with Crippen molar-refractivity contribution in [3.63, 3.8) is 0 Å². The number of fused-ring (bicyclic) bond motifs is 1. The van der Waals surface area contributed by atoms with Gasteiger partial charge in [-0.15, -0.1) is 11.6 Å². The molecule has 2 aromatic rings. The molecule has 0 heterocycles. The molecule has 0 saturated heterocycles. The number of hydrogen-bond donors (Lipinski definition) is 0. The number of halogens is 2. The van der Waals surface area contributed by atoms with Crippen molar-refractivity contribution in [1.82, 2.24) is 4.90 Å². The Morgan fingerprint density at radius 3 is 2.58 bits per heavy atom. The second kappa shape index (κ2) is 6.40. The number of carbonyl (C=O) groups is 1. The highest BCUT2D eigenvalue weighted by atomic mass is 79.9. The van der Waals surface area contributed by atoms with E-state index in [9.17, 15) is 4.79 Å². The highest BCUT2D eigenvalue weighted by molar-refractivity contribution is 9.10. The molecule has 0 aromatic heterocycles. The van der Waals surface area contributed by atoms with Gasteiger partial charge in [-0.05, 0) is 42.0 Å². The van der Waals surface area contributed by atoms with Gasteiger partial charge in [0.2, 0.25) is 0 Å². The van der Waals surface area contributed by atoms with Crippen LogP contribution in [-0.2, 0) is 0 Å². The highest BCUT2D eigenvalue weighted by Crippen LogP contribution is 2.21. The number of alkyl halides is 1. The summed E-state index contributed by atoms with van der Waals surface area (Å²) in [6.45, 7) is 3.21. The Labute approximate surface area is 126 Å². The molecule has 0 saturated carbocycles. The Bertz CT molecular complexity index is 600. The minimum absolute atomic E-state index is 0.0352. The van der Waals surface area contributed by atoms with Crippen LogP contribution in [0.3, 0.4) is 0 Å². The Morgan fingerprint density at radius 2 is 1.89 bits per heavy atom. The summed E-state index contributed by atoms with van der Waals surface area (Å²) in [6.07, 6.45) is 0. The average Bonchev–Trinajstić information content (AvgIpc) is 2.43. The highest BCUT2D eigenvalue weighted by Gasteiger charge is 2.13. The van der Waals surface area contributed by atoms with Crippen molar-refractivity contribution in [2.75, 3.05) is 19.0 Å². The van der Waals surface area contributed by atoms with Gasteiger partial charge in [-0.1, -0.05) is 28.1 Å². The lowest BCUT2D eigenvalue weighted by atomic mass is 10.1. The van der Waals surface area contributed by atoms with Crippen LogP contribution in [0, 0.1) is 0 Å². The molecule has 0 aliphatic carbocycles. The van der Waals surface area contributed by atoms with Crippen LogP contribution in [0.5, 0.6) is 0 Å². The summed E-state index contributed by atoms with van der Waals surface area (Å²) in [5.74, 6) is 0.494. The second-order valence-electron chi connectivity index (χ2n) is 4.28. The fourth-order valence-corrected chi connectivity index (χ4v) is 2.62. The van der Waals surface area contributed by atoms with Crippen LogP contribution >= 0.6 is 27.5 Å². The van der Waals surface area contributed by atoms with Gasteiger partial charge in [0.25, 0.3) is 5.91 Å². The van der Waals surface area contributed by atoms with E-state index in [1.807, 2.05) is 43.3 Å². The molecular weight excluding hydrogens is 326 g/mol. The molecule has 0 aliphatic heterocycles. The van der Waals surface area contributed by atoms with E-state index in [1.54, 1.807) is 4.90 Å². The van der Waals surface area contributed by atoms with E-state index in [4.69, 9.17) is 11.6 Å². The van der Waals surface area contributed by atoms with Gasteiger partial charge >= 0.3 is 0 Å². The topological polar surface area (TPSA) is 20.3 Å². The fourth-order valence-electron chi connectivity index (χ4n) is 2.04. The number of nitrogens with zero attached hydrogens (tertiary/aromatic N) is 1. The molecule has 0 atom stereocenters. The third-order valence-electron chi connectivity index (χ3n) is 3.07. The zero-order valence-corrected chi connectivity index (χ0v) is 13.0. The second-order valence-corrected chi connectivity index (χ2v) is 5.57. The molecule has 0 unspecified atom stereocenters. The minimum atomic E-state index is 0.0352. The molecule has 0 fully saturated rings. The summed E-state index contributed by atoms with van der Waals surface area (Å²) < 4.78 is 1.04. The Kier molecular flexibility index (Phi) is 4.83. The Hall–Kier alpha value is -1.06. The number of benzene rings is 2. The summed E-state index contributed by atoms with van der Waals surface area (Å²) in [6, 6.07) is 11.8. The van der Waals surface area contributed by atoms with Crippen molar-refractivity contribution in [3.8, 4) is 0 Å². The number of amides is 1. The van der Waals surface area contributed by atoms with Crippen molar-refractivity contribution in [1.29, 1.82) is 0 Å². The van der Waals surface area contributed by atoms with Crippen molar-refractivity contribution in [2.24, 2.45) is 0 Å². The van der Waals surface area contributed by atoms with Gasteiger partial charge in [-0.25, -0.2) is 0 Å². The summed E-state index contributed by atoms with van der Waals surface area (Å²) in [5.41, 5.74) is 0.710. The van der Waals surface area contributed by atoms with Gasteiger partial charge in [0.15, 0.2) is 0 Å². The molecule has 2 aromatic carbocycles. The fraction of sp³-hybridized carbons (Fsp3) is 0.267. The largest absolute Gasteiger partial charge is 0.338 e. The number of carbonyl (C=O) groups excluding carboxylic acids is 1. The lowest BCUT2D eigenvalue weighted by Crippen LogP contribution is -2.32. The smallest absolute Gasteiger partial charge is 0.253 e. The predicted octanol–water partition coefficient (Wildman–Crippen LogP) is 4.30. The van der Waals surface area contributed by atoms with Gasteiger partial charge < -0.3 is 4.90 Å². The molecule has 4 heteroatoms. The molecule has 0 radical (unpaired) electrons.